The van der Waals surface area contributed by atoms with Crippen molar-refractivity contribution in [3.05, 3.63) is 47.6 Å². The van der Waals surface area contributed by atoms with Gasteiger partial charge in [-0.15, -0.1) is 0 Å². The Bertz CT molecular complexity index is 944. The molecule has 0 saturated heterocycles. The number of fused-ring (bicyclic) bond motifs is 1. The second-order valence-electron chi connectivity index (χ2n) is 7.44. The van der Waals surface area contributed by atoms with E-state index >= 15 is 0 Å². The molecule has 1 aliphatic heterocycles. The minimum Gasteiger partial charge on any atom is -0.441 e. The average Bonchev–Trinajstić information content (AvgIpc) is 3.43. The Hall–Kier alpha value is -2.34. The van der Waals surface area contributed by atoms with Gasteiger partial charge in [-0.2, -0.15) is 0 Å². The maximum absolute atomic E-state index is 6.22. The van der Waals surface area contributed by atoms with Gasteiger partial charge in [0.15, 0.2) is 11.7 Å². The molecular formula is C20H22ClN5O. The van der Waals surface area contributed by atoms with E-state index in [0.717, 1.165) is 48.4 Å². The molecular weight excluding hydrogens is 362 g/mol. The number of anilines is 1. The van der Waals surface area contributed by atoms with Crippen LogP contribution in [0.3, 0.4) is 0 Å². The highest BCUT2D eigenvalue weighted by Crippen LogP contribution is 2.34. The average molecular weight is 384 g/mol. The predicted octanol–water partition coefficient (Wildman–Crippen LogP) is 4.34. The van der Waals surface area contributed by atoms with Crippen LogP contribution < -0.4 is 4.90 Å². The van der Waals surface area contributed by atoms with Crippen molar-refractivity contribution in [2.75, 3.05) is 11.4 Å². The van der Waals surface area contributed by atoms with E-state index in [9.17, 15) is 0 Å². The Labute approximate surface area is 163 Å². The van der Waals surface area contributed by atoms with E-state index in [4.69, 9.17) is 16.0 Å². The van der Waals surface area contributed by atoms with Crippen LogP contribution in [-0.4, -0.2) is 26.1 Å². The largest absolute Gasteiger partial charge is 0.441 e. The number of rotatable bonds is 4. The molecule has 7 heteroatoms. The molecule has 3 aromatic rings. The second-order valence-corrected chi connectivity index (χ2v) is 7.82. The first-order valence-electron chi connectivity index (χ1n) is 9.63. The van der Waals surface area contributed by atoms with Crippen LogP contribution in [0.5, 0.6) is 0 Å². The van der Waals surface area contributed by atoms with Gasteiger partial charge in [0, 0.05) is 31.9 Å². The molecule has 0 amide bonds. The van der Waals surface area contributed by atoms with Gasteiger partial charge in [0.1, 0.15) is 16.8 Å². The van der Waals surface area contributed by atoms with Crippen LogP contribution >= 0.6 is 11.6 Å². The van der Waals surface area contributed by atoms with Gasteiger partial charge in [0.2, 0.25) is 0 Å². The normalized spacial score (nSPS) is 17.4. The highest BCUT2D eigenvalue weighted by atomic mass is 35.5. The number of aromatic nitrogens is 4. The number of halogens is 1. The van der Waals surface area contributed by atoms with Crippen molar-refractivity contribution in [1.29, 1.82) is 0 Å². The van der Waals surface area contributed by atoms with Crippen molar-refractivity contribution >= 4 is 17.4 Å². The minimum absolute atomic E-state index is 0.480. The number of pyridine rings is 1. The lowest BCUT2D eigenvalue weighted by Crippen LogP contribution is -2.34. The summed E-state index contributed by atoms with van der Waals surface area (Å²) in [5.74, 6) is 4.16. The highest BCUT2D eigenvalue weighted by Gasteiger charge is 2.24. The molecule has 5 rings (SSSR count). The lowest BCUT2D eigenvalue weighted by molar-refractivity contribution is 0.437. The zero-order valence-electron chi connectivity index (χ0n) is 15.1. The van der Waals surface area contributed by atoms with E-state index in [1.54, 1.807) is 0 Å². The Morgan fingerprint density at radius 2 is 2.04 bits per heavy atom. The van der Waals surface area contributed by atoms with E-state index in [-0.39, 0.29) is 0 Å². The summed E-state index contributed by atoms with van der Waals surface area (Å²) in [7, 11) is 0. The van der Waals surface area contributed by atoms with Crippen molar-refractivity contribution in [2.24, 2.45) is 5.92 Å². The highest BCUT2D eigenvalue weighted by molar-refractivity contribution is 6.29. The number of hydrogen-bond acceptors (Lipinski definition) is 5. The SMILES string of the molecule is Clc1ccc(-c2cnc(CC3CCCC3)o2)c(N2CCn3ccnc3C2)n1. The topological polar surface area (TPSA) is 60.0 Å². The van der Waals surface area contributed by atoms with Crippen molar-refractivity contribution in [1.82, 2.24) is 19.5 Å². The van der Waals surface area contributed by atoms with E-state index < -0.39 is 0 Å². The molecule has 1 fully saturated rings. The standard InChI is InChI=1S/C20H22ClN5O/c21-17-6-5-15(16-12-23-19(27-16)11-14-3-1-2-4-14)20(24-17)26-10-9-25-8-7-22-18(25)13-26/h5-8,12,14H,1-4,9-11,13H2. The lowest BCUT2D eigenvalue weighted by Gasteiger charge is -2.29. The number of oxazole rings is 1. The first kappa shape index (κ1) is 16.8. The molecule has 6 nitrogen and oxygen atoms in total. The Morgan fingerprint density at radius 1 is 1.15 bits per heavy atom. The van der Waals surface area contributed by atoms with Gasteiger partial charge in [-0.1, -0.05) is 24.4 Å². The third kappa shape index (κ3) is 3.34. The molecule has 0 radical (unpaired) electrons. The molecule has 1 saturated carbocycles. The minimum atomic E-state index is 0.480. The summed E-state index contributed by atoms with van der Waals surface area (Å²) >= 11 is 6.22. The summed E-state index contributed by atoms with van der Waals surface area (Å²) in [6.07, 6.45) is 11.8. The van der Waals surface area contributed by atoms with Crippen LogP contribution in [-0.2, 0) is 19.5 Å². The summed E-state index contributed by atoms with van der Waals surface area (Å²) < 4.78 is 8.29. The van der Waals surface area contributed by atoms with Crippen molar-refractivity contribution in [3.8, 4) is 11.3 Å². The second kappa shape index (κ2) is 7.00. The first-order valence-corrected chi connectivity index (χ1v) is 10.0. The van der Waals surface area contributed by atoms with Crippen LogP contribution in [0, 0.1) is 5.92 Å². The number of nitrogens with zero attached hydrogens (tertiary/aromatic N) is 5. The summed E-state index contributed by atoms with van der Waals surface area (Å²) in [5.41, 5.74) is 0.935. The zero-order chi connectivity index (χ0) is 18.2. The first-order chi connectivity index (χ1) is 13.3. The van der Waals surface area contributed by atoms with Gasteiger partial charge < -0.3 is 13.9 Å². The van der Waals surface area contributed by atoms with E-state index in [0.29, 0.717) is 17.6 Å². The summed E-state index contributed by atoms with van der Waals surface area (Å²) in [4.78, 5) is 15.8. The number of imidazole rings is 1. The fourth-order valence-electron chi connectivity index (χ4n) is 4.20. The molecule has 0 spiro atoms. The van der Waals surface area contributed by atoms with Gasteiger partial charge >= 0.3 is 0 Å². The molecule has 4 heterocycles. The summed E-state index contributed by atoms with van der Waals surface area (Å²) in [6.45, 7) is 2.44. The molecule has 0 N–H and O–H groups in total. The Balaban J connectivity index is 1.44. The van der Waals surface area contributed by atoms with Crippen LogP contribution in [0.1, 0.15) is 37.4 Å². The van der Waals surface area contributed by atoms with Gasteiger partial charge in [-0.3, -0.25) is 0 Å². The smallest absolute Gasteiger partial charge is 0.195 e. The molecule has 1 aliphatic carbocycles. The van der Waals surface area contributed by atoms with E-state index in [1.807, 2.05) is 30.7 Å². The molecule has 0 atom stereocenters. The third-order valence-corrected chi connectivity index (χ3v) is 5.85. The van der Waals surface area contributed by atoms with Gasteiger partial charge in [0.25, 0.3) is 0 Å². The monoisotopic (exact) mass is 383 g/mol. The molecule has 2 aliphatic rings. The summed E-state index contributed by atoms with van der Waals surface area (Å²) in [5, 5.41) is 0.480. The van der Waals surface area contributed by atoms with Crippen LogP contribution in [0.25, 0.3) is 11.3 Å². The van der Waals surface area contributed by atoms with Crippen molar-refractivity contribution in [2.45, 2.75) is 45.2 Å². The molecule has 27 heavy (non-hydrogen) atoms. The Kier molecular flexibility index (Phi) is 4.36. The van der Waals surface area contributed by atoms with Gasteiger partial charge in [0.05, 0.1) is 18.3 Å². The fourth-order valence-corrected chi connectivity index (χ4v) is 4.35. The van der Waals surface area contributed by atoms with Crippen LogP contribution in [0.4, 0.5) is 5.82 Å². The Morgan fingerprint density at radius 3 is 2.93 bits per heavy atom. The lowest BCUT2D eigenvalue weighted by atomic mass is 10.0. The molecule has 0 aromatic carbocycles. The van der Waals surface area contributed by atoms with E-state index in [1.165, 1.54) is 25.7 Å². The zero-order valence-corrected chi connectivity index (χ0v) is 15.9. The summed E-state index contributed by atoms with van der Waals surface area (Å²) in [6, 6.07) is 3.79. The van der Waals surface area contributed by atoms with E-state index in [2.05, 4.69) is 24.4 Å². The van der Waals surface area contributed by atoms with Crippen molar-refractivity contribution in [3.63, 3.8) is 0 Å². The van der Waals surface area contributed by atoms with Crippen molar-refractivity contribution < 1.29 is 4.42 Å². The molecule has 0 bridgehead atoms. The molecule has 140 valence electrons. The molecule has 0 unspecified atom stereocenters. The van der Waals surface area contributed by atoms with Crippen LogP contribution in [0.15, 0.2) is 35.1 Å². The fraction of sp³-hybridized carbons (Fsp3) is 0.450. The maximum Gasteiger partial charge on any atom is 0.195 e. The predicted molar refractivity (Wildman–Crippen MR) is 104 cm³/mol. The van der Waals surface area contributed by atoms with Crippen LogP contribution in [0.2, 0.25) is 5.15 Å². The number of hydrogen-bond donors (Lipinski definition) is 0. The third-order valence-electron chi connectivity index (χ3n) is 5.64. The maximum atomic E-state index is 6.22. The van der Waals surface area contributed by atoms with Gasteiger partial charge in [-0.25, -0.2) is 15.0 Å². The molecule has 3 aromatic heterocycles. The quantitative estimate of drug-likeness (QED) is 0.627. The van der Waals surface area contributed by atoms with Gasteiger partial charge in [-0.05, 0) is 30.9 Å².